The van der Waals surface area contributed by atoms with Crippen LogP contribution in [0.2, 0.25) is 0 Å². The number of amides is 1. The van der Waals surface area contributed by atoms with Crippen LogP contribution in [0.25, 0.3) is 0 Å². The normalized spacial score (nSPS) is 15.5. The molecule has 0 aliphatic heterocycles. The van der Waals surface area contributed by atoms with Gasteiger partial charge in [0.25, 0.3) is 0 Å². The average molecular weight is 321 g/mol. The molecular weight excluding hydrogens is 298 g/mol. The van der Waals surface area contributed by atoms with Crippen molar-refractivity contribution in [2.75, 3.05) is 20.3 Å². The molecule has 1 fully saturated rings. The smallest absolute Gasteiger partial charge is 0.341 e. The Labute approximate surface area is 135 Å². The third-order valence-electron chi connectivity index (χ3n) is 4.20. The molecule has 0 heterocycles. The van der Waals surface area contributed by atoms with Crippen molar-refractivity contribution >= 4 is 11.9 Å². The number of rotatable bonds is 9. The zero-order valence-electron chi connectivity index (χ0n) is 13.3. The molecule has 1 aliphatic carbocycles. The Morgan fingerprint density at radius 3 is 2.48 bits per heavy atom. The summed E-state index contributed by atoms with van der Waals surface area (Å²) >= 11 is 0. The summed E-state index contributed by atoms with van der Waals surface area (Å²) < 4.78 is 10.5. The molecule has 126 valence electrons. The summed E-state index contributed by atoms with van der Waals surface area (Å²) in [4.78, 5) is 22.4. The summed E-state index contributed by atoms with van der Waals surface area (Å²) in [5.74, 6) is -0.461. The number of carboxylic acid groups (broad SMARTS) is 1. The molecule has 6 heteroatoms. The first kappa shape index (κ1) is 17.3. The van der Waals surface area contributed by atoms with Crippen LogP contribution in [0.1, 0.15) is 31.2 Å². The lowest BCUT2D eigenvalue weighted by Gasteiger charge is -2.39. The quantitative estimate of drug-likeness (QED) is 0.724. The minimum absolute atomic E-state index is 0.0213. The highest BCUT2D eigenvalue weighted by molar-refractivity contribution is 5.77. The zero-order chi connectivity index (χ0) is 16.7. The Balaban J connectivity index is 1.69. The second-order valence-corrected chi connectivity index (χ2v) is 5.84. The number of carboxylic acids is 1. The highest BCUT2D eigenvalue weighted by atomic mass is 16.5. The molecule has 0 saturated heterocycles. The molecule has 0 unspecified atom stereocenters. The molecule has 0 aromatic heterocycles. The topological polar surface area (TPSA) is 84.9 Å². The third kappa shape index (κ3) is 5.25. The van der Waals surface area contributed by atoms with E-state index in [1.807, 2.05) is 12.1 Å². The van der Waals surface area contributed by atoms with Crippen LogP contribution in [0.4, 0.5) is 0 Å². The second kappa shape index (κ2) is 7.97. The Bertz CT molecular complexity index is 531. The minimum Gasteiger partial charge on any atom is -0.482 e. The monoisotopic (exact) mass is 321 g/mol. The van der Waals surface area contributed by atoms with Gasteiger partial charge in [-0.05, 0) is 43.4 Å². The molecule has 2 N–H and O–H groups in total. The molecule has 23 heavy (non-hydrogen) atoms. The van der Waals surface area contributed by atoms with Crippen molar-refractivity contribution < 1.29 is 24.2 Å². The van der Waals surface area contributed by atoms with Crippen LogP contribution < -0.4 is 10.1 Å². The van der Waals surface area contributed by atoms with E-state index in [0.29, 0.717) is 25.1 Å². The Morgan fingerprint density at radius 1 is 1.26 bits per heavy atom. The summed E-state index contributed by atoms with van der Waals surface area (Å²) in [6.07, 6.45) is 4.16. The number of ether oxygens (including phenoxy) is 2. The minimum atomic E-state index is -1.00. The van der Waals surface area contributed by atoms with Gasteiger partial charge in [0, 0.05) is 13.7 Å². The fourth-order valence-corrected chi connectivity index (χ4v) is 2.62. The number of methoxy groups -OCH3 is 1. The highest BCUT2D eigenvalue weighted by Crippen LogP contribution is 2.37. The largest absolute Gasteiger partial charge is 0.482 e. The maximum Gasteiger partial charge on any atom is 0.341 e. The van der Waals surface area contributed by atoms with Gasteiger partial charge in [-0.3, -0.25) is 4.79 Å². The highest BCUT2D eigenvalue weighted by Gasteiger charge is 2.38. The lowest BCUT2D eigenvalue weighted by molar-refractivity contribution is -0.139. The lowest BCUT2D eigenvalue weighted by atomic mass is 9.77. The number of carbonyl (C=O) groups excluding carboxylic acids is 1. The molecule has 0 radical (unpaired) electrons. The molecule has 1 aliphatic rings. The standard InChI is InChI=1S/C17H23NO5/c1-22-17(8-2-9-17)11-15(19)18-10-7-13-3-5-14(6-4-13)23-12-16(20)21/h3-6H,2,7-12H2,1H3,(H,18,19)(H,20,21). The third-order valence-corrected chi connectivity index (χ3v) is 4.20. The van der Waals surface area contributed by atoms with E-state index < -0.39 is 5.97 Å². The SMILES string of the molecule is COC1(CC(=O)NCCc2ccc(OCC(=O)O)cc2)CCC1. The maximum atomic E-state index is 11.9. The van der Waals surface area contributed by atoms with E-state index in [-0.39, 0.29) is 18.1 Å². The summed E-state index contributed by atoms with van der Waals surface area (Å²) in [6.45, 7) is 0.213. The van der Waals surface area contributed by atoms with E-state index in [1.165, 1.54) is 0 Å². The summed E-state index contributed by atoms with van der Waals surface area (Å²) in [5.41, 5.74) is 0.811. The van der Waals surface area contributed by atoms with Crippen LogP contribution in [0.3, 0.4) is 0 Å². The van der Waals surface area contributed by atoms with Crippen LogP contribution in [-0.2, 0) is 20.7 Å². The van der Waals surface area contributed by atoms with Crippen LogP contribution in [-0.4, -0.2) is 42.8 Å². The molecule has 1 aromatic rings. The van der Waals surface area contributed by atoms with E-state index in [9.17, 15) is 9.59 Å². The van der Waals surface area contributed by atoms with Crippen molar-refractivity contribution in [1.29, 1.82) is 0 Å². The molecular formula is C17H23NO5. The molecule has 2 rings (SSSR count). The molecule has 0 spiro atoms. The molecule has 1 saturated carbocycles. The van der Waals surface area contributed by atoms with Gasteiger partial charge >= 0.3 is 5.97 Å². The van der Waals surface area contributed by atoms with Gasteiger partial charge in [0.2, 0.25) is 5.91 Å². The van der Waals surface area contributed by atoms with Crippen molar-refractivity contribution in [2.45, 2.75) is 37.7 Å². The molecule has 1 amide bonds. The van der Waals surface area contributed by atoms with Gasteiger partial charge in [-0.2, -0.15) is 0 Å². The van der Waals surface area contributed by atoms with Crippen LogP contribution in [0.5, 0.6) is 5.75 Å². The number of benzene rings is 1. The van der Waals surface area contributed by atoms with E-state index >= 15 is 0 Å². The Kier molecular flexibility index (Phi) is 5.98. The maximum absolute atomic E-state index is 11.9. The molecule has 0 atom stereocenters. The number of aliphatic carboxylic acids is 1. The summed E-state index contributed by atoms with van der Waals surface area (Å²) in [6, 6.07) is 7.20. The van der Waals surface area contributed by atoms with Crippen LogP contribution in [0, 0.1) is 0 Å². The number of carbonyl (C=O) groups is 2. The molecule has 1 aromatic carbocycles. The Hall–Kier alpha value is -2.08. The van der Waals surface area contributed by atoms with Gasteiger partial charge in [-0.15, -0.1) is 0 Å². The first-order chi connectivity index (χ1) is 11.0. The fourth-order valence-electron chi connectivity index (χ4n) is 2.62. The molecule has 0 bridgehead atoms. The number of hydrogen-bond acceptors (Lipinski definition) is 4. The summed E-state index contributed by atoms with van der Waals surface area (Å²) in [5, 5.41) is 11.5. The van der Waals surface area contributed by atoms with Crippen molar-refractivity contribution in [1.82, 2.24) is 5.32 Å². The van der Waals surface area contributed by atoms with E-state index in [1.54, 1.807) is 19.2 Å². The van der Waals surface area contributed by atoms with Gasteiger partial charge in [0.05, 0.1) is 12.0 Å². The van der Waals surface area contributed by atoms with Gasteiger partial charge in [0.1, 0.15) is 5.75 Å². The summed E-state index contributed by atoms with van der Waals surface area (Å²) in [7, 11) is 1.67. The predicted octanol–water partition coefficient (Wildman–Crippen LogP) is 1.77. The van der Waals surface area contributed by atoms with Gasteiger partial charge < -0.3 is 19.9 Å². The van der Waals surface area contributed by atoms with E-state index in [4.69, 9.17) is 14.6 Å². The molecule has 6 nitrogen and oxygen atoms in total. The van der Waals surface area contributed by atoms with Gasteiger partial charge in [-0.25, -0.2) is 4.79 Å². The zero-order valence-corrected chi connectivity index (χ0v) is 13.3. The first-order valence-electron chi connectivity index (χ1n) is 7.78. The first-order valence-corrected chi connectivity index (χ1v) is 7.78. The Morgan fingerprint density at radius 2 is 1.96 bits per heavy atom. The van der Waals surface area contributed by atoms with Crippen molar-refractivity contribution in [3.63, 3.8) is 0 Å². The van der Waals surface area contributed by atoms with Gasteiger partial charge in [-0.1, -0.05) is 12.1 Å². The van der Waals surface area contributed by atoms with Crippen LogP contribution >= 0.6 is 0 Å². The van der Waals surface area contributed by atoms with Crippen molar-refractivity contribution in [3.8, 4) is 5.75 Å². The van der Waals surface area contributed by atoms with Crippen molar-refractivity contribution in [3.05, 3.63) is 29.8 Å². The number of nitrogens with one attached hydrogen (secondary N) is 1. The van der Waals surface area contributed by atoms with Crippen molar-refractivity contribution in [2.24, 2.45) is 0 Å². The lowest BCUT2D eigenvalue weighted by Crippen LogP contribution is -2.44. The fraction of sp³-hybridized carbons (Fsp3) is 0.529. The average Bonchev–Trinajstić information content (AvgIpc) is 2.50. The van der Waals surface area contributed by atoms with Gasteiger partial charge in [0.15, 0.2) is 6.61 Å². The predicted molar refractivity (Wildman–Crippen MR) is 84.5 cm³/mol. The van der Waals surface area contributed by atoms with E-state index in [0.717, 1.165) is 24.8 Å². The van der Waals surface area contributed by atoms with E-state index in [2.05, 4.69) is 5.32 Å². The van der Waals surface area contributed by atoms with Crippen LogP contribution in [0.15, 0.2) is 24.3 Å². The number of hydrogen-bond donors (Lipinski definition) is 2. The second-order valence-electron chi connectivity index (χ2n) is 5.84.